The fourth-order valence-corrected chi connectivity index (χ4v) is 3.36. The number of hydrogen-bond acceptors (Lipinski definition) is 4. The molecule has 0 aliphatic heterocycles. The Morgan fingerprint density at radius 3 is 2.52 bits per heavy atom. The van der Waals surface area contributed by atoms with Gasteiger partial charge in [-0.15, -0.1) is 0 Å². The van der Waals surface area contributed by atoms with E-state index in [2.05, 4.69) is 10.0 Å². The van der Waals surface area contributed by atoms with Gasteiger partial charge >= 0.3 is 0 Å². The van der Waals surface area contributed by atoms with Gasteiger partial charge in [-0.25, -0.2) is 13.1 Å². The van der Waals surface area contributed by atoms with Crippen molar-refractivity contribution in [1.29, 1.82) is 0 Å². The molecule has 0 atom stereocenters. The average Bonchev–Trinajstić information content (AvgIpc) is 2.39. The number of hydrogen-bond donors (Lipinski definition) is 2. The van der Waals surface area contributed by atoms with E-state index in [4.69, 9.17) is 16.3 Å². The highest BCUT2D eigenvalue weighted by atomic mass is 35.5. The second-order valence-electron chi connectivity index (χ2n) is 5.30. The lowest BCUT2D eigenvalue weighted by Crippen LogP contribution is -2.40. The van der Waals surface area contributed by atoms with Crippen LogP contribution in [0, 0.1) is 0 Å². The molecule has 0 aliphatic rings. The molecule has 1 rings (SSSR count). The van der Waals surface area contributed by atoms with Crippen LogP contribution < -0.4 is 10.0 Å². The minimum absolute atomic E-state index is 0.152. The van der Waals surface area contributed by atoms with Gasteiger partial charge in [0.1, 0.15) is 0 Å². The summed E-state index contributed by atoms with van der Waals surface area (Å²) in [7, 11) is -1.80. The lowest BCUT2D eigenvalue weighted by atomic mass is 10.1. The molecule has 0 saturated heterocycles. The van der Waals surface area contributed by atoms with Crippen molar-refractivity contribution in [3.63, 3.8) is 0 Å². The van der Waals surface area contributed by atoms with Crippen molar-refractivity contribution < 1.29 is 13.2 Å². The lowest BCUT2D eigenvalue weighted by Gasteiger charge is -2.24. The molecule has 0 bridgehead atoms. The molecule has 0 aromatic heterocycles. The minimum Gasteiger partial charge on any atom is -0.375 e. The maximum atomic E-state index is 12.3. The zero-order valence-corrected chi connectivity index (χ0v) is 14.4. The van der Waals surface area contributed by atoms with Crippen molar-refractivity contribution in [3.8, 4) is 0 Å². The molecular weight excluding hydrogens is 312 g/mol. The molecule has 0 fully saturated rings. The summed E-state index contributed by atoms with van der Waals surface area (Å²) in [5.74, 6) is 0. The normalized spacial score (nSPS) is 12.6. The summed E-state index contributed by atoms with van der Waals surface area (Å²) in [6.45, 7) is 6.85. The molecule has 0 heterocycles. The Bertz CT molecular complexity index is 574. The number of halogens is 1. The largest absolute Gasteiger partial charge is 0.375 e. The van der Waals surface area contributed by atoms with E-state index >= 15 is 0 Å². The number of benzene rings is 1. The fraction of sp³-hybridized carbons (Fsp3) is 0.571. The Labute approximate surface area is 132 Å². The van der Waals surface area contributed by atoms with Crippen molar-refractivity contribution in [3.05, 3.63) is 28.8 Å². The Kier molecular flexibility index (Phi) is 6.62. The van der Waals surface area contributed by atoms with E-state index in [1.54, 1.807) is 19.2 Å². The van der Waals surface area contributed by atoms with Gasteiger partial charge in [0, 0.05) is 24.7 Å². The average molecular weight is 335 g/mol. The second-order valence-corrected chi connectivity index (χ2v) is 7.47. The maximum absolute atomic E-state index is 12.3. The maximum Gasteiger partial charge on any atom is 0.240 e. The van der Waals surface area contributed by atoms with Gasteiger partial charge in [0.25, 0.3) is 0 Å². The van der Waals surface area contributed by atoms with Gasteiger partial charge in [-0.05, 0) is 45.5 Å². The smallest absolute Gasteiger partial charge is 0.240 e. The first-order valence-electron chi connectivity index (χ1n) is 6.78. The minimum atomic E-state index is -3.60. The van der Waals surface area contributed by atoms with Crippen LogP contribution in [-0.4, -0.2) is 34.2 Å². The van der Waals surface area contributed by atoms with Gasteiger partial charge < -0.3 is 10.1 Å². The predicted molar refractivity (Wildman–Crippen MR) is 85.1 cm³/mol. The molecule has 21 heavy (non-hydrogen) atoms. The topological polar surface area (TPSA) is 67.4 Å². The van der Waals surface area contributed by atoms with Crippen LogP contribution in [0.1, 0.15) is 26.3 Å². The molecule has 0 aliphatic carbocycles. The first-order valence-corrected chi connectivity index (χ1v) is 8.64. The molecular formula is C14H23ClN2O3S. The molecule has 0 saturated carbocycles. The van der Waals surface area contributed by atoms with Gasteiger partial charge in [-0.1, -0.05) is 17.7 Å². The van der Waals surface area contributed by atoms with Gasteiger partial charge in [0.2, 0.25) is 10.0 Å². The number of nitrogens with one attached hydrogen (secondary N) is 2. The first kappa shape index (κ1) is 18.4. The molecule has 0 amide bonds. The van der Waals surface area contributed by atoms with Crippen LogP contribution in [0.4, 0.5) is 0 Å². The summed E-state index contributed by atoms with van der Waals surface area (Å²) in [4.78, 5) is 0.152. The molecule has 1 aromatic rings. The Hall–Kier alpha value is -0.660. The fourth-order valence-electron chi connectivity index (χ4n) is 1.82. The van der Waals surface area contributed by atoms with Gasteiger partial charge in [-0.2, -0.15) is 0 Å². The number of sulfonamides is 1. The van der Waals surface area contributed by atoms with Gasteiger partial charge in [0.05, 0.1) is 10.5 Å². The van der Waals surface area contributed by atoms with E-state index in [0.29, 0.717) is 18.2 Å². The zero-order chi connectivity index (χ0) is 16.1. The first-order chi connectivity index (χ1) is 9.72. The SMILES string of the molecule is CCOC(C)(C)CNS(=O)(=O)c1ccc(CNC)c(Cl)c1. The van der Waals surface area contributed by atoms with Crippen LogP contribution in [0.5, 0.6) is 0 Å². The van der Waals surface area contributed by atoms with Crippen molar-refractivity contribution in [2.45, 2.75) is 37.8 Å². The summed E-state index contributed by atoms with van der Waals surface area (Å²) in [6.07, 6.45) is 0. The van der Waals surface area contributed by atoms with E-state index in [-0.39, 0.29) is 11.4 Å². The zero-order valence-electron chi connectivity index (χ0n) is 12.9. The third-order valence-corrected chi connectivity index (χ3v) is 4.68. The van der Waals surface area contributed by atoms with Crippen LogP contribution in [0.25, 0.3) is 0 Å². The monoisotopic (exact) mass is 334 g/mol. The molecule has 0 unspecified atom stereocenters. The highest BCUT2D eigenvalue weighted by Crippen LogP contribution is 2.21. The van der Waals surface area contributed by atoms with Crippen molar-refractivity contribution >= 4 is 21.6 Å². The van der Waals surface area contributed by atoms with E-state index in [1.807, 2.05) is 20.8 Å². The van der Waals surface area contributed by atoms with Gasteiger partial charge in [0.15, 0.2) is 0 Å². The van der Waals surface area contributed by atoms with E-state index in [1.165, 1.54) is 6.07 Å². The highest BCUT2D eigenvalue weighted by Gasteiger charge is 2.22. The van der Waals surface area contributed by atoms with Crippen molar-refractivity contribution in [2.75, 3.05) is 20.2 Å². The van der Waals surface area contributed by atoms with Gasteiger partial charge in [-0.3, -0.25) is 0 Å². The third kappa shape index (κ3) is 5.56. The van der Waals surface area contributed by atoms with Crippen molar-refractivity contribution in [1.82, 2.24) is 10.0 Å². The Morgan fingerprint density at radius 2 is 2.00 bits per heavy atom. The van der Waals surface area contributed by atoms with Crippen molar-refractivity contribution in [2.24, 2.45) is 0 Å². The second kappa shape index (κ2) is 7.56. The Morgan fingerprint density at radius 1 is 1.33 bits per heavy atom. The summed E-state index contributed by atoms with van der Waals surface area (Å²) >= 11 is 6.10. The van der Waals surface area contributed by atoms with Crippen LogP contribution in [0.3, 0.4) is 0 Å². The summed E-state index contributed by atoms with van der Waals surface area (Å²) in [5.41, 5.74) is 0.297. The summed E-state index contributed by atoms with van der Waals surface area (Å²) in [5, 5.41) is 3.40. The molecule has 0 spiro atoms. The van der Waals surface area contributed by atoms with E-state index < -0.39 is 15.6 Å². The number of rotatable bonds is 8. The highest BCUT2D eigenvalue weighted by molar-refractivity contribution is 7.89. The molecule has 2 N–H and O–H groups in total. The quantitative estimate of drug-likeness (QED) is 0.764. The third-order valence-electron chi connectivity index (χ3n) is 2.93. The summed E-state index contributed by atoms with van der Waals surface area (Å²) in [6, 6.07) is 4.72. The molecule has 0 radical (unpaired) electrons. The predicted octanol–water partition coefficient (Wildman–Crippen LogP) is 2.15. The van der Waals surface area contributed by atoms with Crippen LogP contribution in [0.15, 0.2) is 23.1 Å². The molecule has 5 nitrogen and oxygen atoms in total. The van der Waals surface area contributed by atoms with Crippen LogP contribution in [0.2, 0.25) is 5.02 Å². The molecule has 120 valence electrons. The van der Waals surface area contributed by atoms with Crippen LogP contribution in [-0.2, 0) is 21.3 Å². The van der Waals surface area contributed by atoms with Crippen LogP contribution >= 0.6 is 11.6 Å². The molecule has 7 heteroatoms. The lowest BCUT2D eigenvalue weighted by molar-refractivity contribution is -0.00515. The molecule has 1 aromatic carbocycles. The standard InChI is InChI=1S/C14H23ClN2O3S/c1-5-20-14(2,3)10-17-21(18,19)12-7-6-11(9-16-4)13(15)8-12/h6-8,16-17H,5,9-10H2,1-4H3. The Balaban J connectivity index is 2.86. The van der Waals surface area contributed by atoms with E-state index in [9.17, 15) is 8.42 Å². The number of ether oxygens (including phenoxy) is 1. The van der Waals surface area contributed by atoms with E-state index in [0.717, 1.165) is 5.56 Å². The summed E-state index contributed by atoms with van der Waals surface area (Å²) < 4.78 is 32.6.